The minimum Gasteiger partial charge on any atom is -0.376 e. The summed E-state index contributed by atoms with van der Waals surface area (Å²) >= 11 is 0. The van der Waals surface area contributed by atoms with Gasteiger partial charge in [-0.2, -0.15) is 0 Å². The van der Waals surface area contributed by atoms with Crippen LogP contribution in [0.15, 0.2) is 24.3 Å². The van der Waals surface area contributed by atoms with Gasteiger partial charge in [-0.15, -0.1) is 0 Å². The molecule has 3 heteroatoms. The second-order valence-corrected chi connectivity index (χ2v) is 5.70. The Balaban J connectivity index is 1.71. The van der Waals surface area contributed by atoms with Crippen molar-refractivity contribution in [2.75, 3.05) is 11.9 Å². The predicted molar refractivity (Wildman–Crippen MR) is 83.9 cm³/mol. The van der Waals surface area contributed by atoms with E-state index in [1.165, 1.54) is 31.2 Å². The van der Waals surface area contributed by atoms with E-state index in [9.17, 15) is 4.79 Å². The molecule has 1 fully saturated rings. The van der Waals surface area contributed by atoms with E-state index in [1.54, 1.807) is 0 Å². The van der Waals surface area contributed by atoms with E-state index in [0.29, 0.717) is 12.6 Å². The quantitative estimate of drug-likeness (QED) is 0.799. The Bertz CT molecular complexity index is 408. The van der Waals surface area contributed by atoms with Crippen molar-refractivity contribution >= 4 is 11.6 Å². The molecule has 2 rings (SSSR count). The Morgan fingerprint density at radius 2 is 1.90 bits per heavy atom. The molecule has 1 aromatic rings. The van der Waals surface area contributed by atoms with Gasteiger partial charge in [-0.1, -0.05) is 38.3 Å². The van der Waals surface area contributed by atoms with Crippen LogP contribution < -0.4 is 10.6 Å². The summed E-state index contributed by atoms with van der Waals surface area (Å²) in [7, 11) is 0. The first kappa shape index (κ1) is 14.9. The molecule has 110 valence electrons. The van der Waals surface area contributed by atoms with Crippen molar-refractivity contribution in [1.82, 2.24) is 5.32 Å². The normalized spacial score (nSPS) is 15.2. The van der Waals surface area contributed by atoms with E-state index in [1.807, 2.05) is 0 Å². The number of carbonyl (C=O) groups is 1. The highest BCUT2D eigenvalue weighted by Crippen LogP contribution is 2.17. The Labute approximate surface area is 122 Å². The highest BCUT2D eigenvalue weighted by molar-refractivity contribution is 5.81. The van der Waals surface area contributed by atoms with E-state index in [-0.39, 0.29) is 5.91 Å². The van der Waals surface area contributed by atoms with Crippen LogP contribution in [0, 0.1) is 0 Å². The molecule has 0 heterocycles. The fourth-order valence-corrected chi connectivity index (χ4v) is 2.70. The first-order valence-corrected chi connectivity index (χ1v) is 7.90. The van der Waals surface area contributed by atoms with Crippen molar-refractivity contribution in [1.29, 1.82) is 0 Å². The second-order valence-electron chi connectivity index (χ2n) is 5.70. The van der Waals surface area contributed by atoms with Crippen LogP contribution in [0.1, 0.15) is 51.0 Å². The maximum Gasteiger partial charge on any atom is 0.239 e. The highest BCUT2D eigenvalue weighted by Gasteiger charge is 2.16. The van der Waals surface area contributed by atoms with Crippen LogP contribution in [0.3, 0.4) is 0 Å². The van der Waals surface area contributed by atoms with Crippen molar-refractivity contribution in [3.05, 3.63) is 29.8 Å². The molecule has 0 bridgehead atoms. The zero-order chi connectivity index (χ0) is 14.2. The number of hydrogen-bond acceptors (Lipinski definition) is 2. The standard InChI is InChI=1S/C17H26N2O/c1-2-3-6-14-9-11-15(12-10-14)18-13-17(20)19-16-7-4-5-8-16/h9-12,16,18H,2-8,13H2,1H3,(H,19,20). The van der Waals surface area contributed by atoms with Gasteiger partial charge < -0.3 is 10.6 Å². The predicted octanol–water partition coefficient (Wildman–Crippen LogP) is 3.50. The van der Waals surface area contributed by atoms with Crippen molar-refractivity contribution in [3.8, 4) is 0 Å². The molecule has 0 aromatic heterocycles. The van der Waals surface area contributed by atoms with E-state index in [0.717, 1.165) is 24.9 Å². The van der Waals surface area contributed by atoms with Crippen molar-refractivity contribution in [2.24, 2.45) is 0 Å². The summed E-state index contributed by atoms with van der Waals surface area (Å²) in [6, 6.07) is 8.82. The topological polar surface area (TPSA) is 41.1 Å². The lowest BCUT2D eigenvalue weighted by Gasteiger charge is -2.13. The average molecular weight is 274 g/mol. The number of unbranched alkanes of at least 4 members (excludes halogenated alkanes) is 1. The molecular weight excluding hydrogens is 248 g/mol. The van der Waals surface area contributed by atoms with Crippen LogP contribution in [0.2, 0.25) is 0 Å². The Kier molecular flexibility index (Phi) is 5.90. The highest BCUT2D eigenvalue weighted by atomic mass is 16.1. The van der Waals surface area contributed by atoms with Gasteiger partial charge in [-0.3, -0.25) is 4.79 Å². The lowest BCUT2D eigenvalue weighted by atomic mass is 10.1. The van der Waals surface area contributed by atoms with Gasteiger partial charge in [0.1, 0.15) is 0 Å². The molecule has 0 radical (unpaired) electrons. The van der Waals surface area contributed by atoms with Crippen molar-refractivity contribution in [3.63, 3.8) is 0 Å². The number of benzene rings is 1. The summed E-state index contributed by atoms with van der Waals surface area (Å²) in [4.78, 5) is 11.8. The largest absolute Gasteiger partial charge is 0.376 e. The number of anilines is 1. The third kappa shape index (κ3) is 4.87. The van der Waals surface area contributed by atoms with Crippen LogP contribution in [-0.2, 0) is 11.2 Å². The molecule has 0 atom stereocenters. The van der Waals surface area contributed by atoms with Gasteiger partial charge in [0.25, 0.3) is 0 Å². The summed E-state index contributed by atoms with van der Waals surface area (Å²) < 4.78 is 0. The van der Waals surface area contributed by atoms with Gasteiger partial charge >= 0.3 is 0 Å². The maximum absolute atomic E-state index is 11.8. The lowest BCUT2D eigenvalue weighted by molar-refractivity contribution is -0.120. The first-order valence-electron chi connectivity index (χ1n) is 7.90. The van der Waals surface area contributed by atoms with Gasteiger partial charge in [0.2, 0.25) is 5.91 Å². The molecule has 2 N–H and O–H groups in total. The fraction of sp³-hybridized carbons (Fsp3) is 0.588. The molecule has 0 unspecified atom stereocenters. The Morgan fingerprint density at radius 3 is 2.55 bits per heavy atom. The summed E-state index contributed by atoms with van der Waals surface area (Å²) in [5.74, 6) is 0.104. The van der Waals surface area contributed by atoms with E-state index >= 15 is 0 Å². The molecule has 1 aliphatic rings. The first-order chi connectivity index (χ1) is 9.78. The third-order valence-corrected chi connectivity index (χ3v) is 3.95. The molecule has 20 heavy (non-hydrogen) atoms. The number of nitrogens with one attached hydrogen (secondary N) is 2. The minimum atomic E-state index is 0.104. The van der Waals surface area contributed by atoms with E-state index < -0.39 is 0 Å². The van der Waals surface area contributed by atoms with E-state index in [4.69, 9.17) is 0 Å². The second kappa shape index (κ2) is 7.93. The fourth-order valence-electron chi connectivity index (χ4n) is 2.70. The molecule has 1 aromatic carbocycles. The van der Waals surface area contributed by atoms with Crippen LogP contribution in [-0.4, -0.2) is 18.5 Å². The maximum atomic E-state index is 11.8. The van der Waals surface area contributed by atoms with Gasteiger partial charge in [0.05, 0.1) is 6.54 Å². The van der Waals surface area contributed by atoms with Crippen LogP contribution in [0.4, 0.5) is 5.69 Å². The molecule has 3 nitrogen and oxygen atoms in total. The minimum absolute atomic E-state index is 0.104. The van der Waals surface area contributed by atoms with Gasteiger partial charge in [0, 0.05) is 11.7 Å². The molecule has 1 amide bonds. The monoisotopic (exact) mass is 274 g/mol. The SMILES string of the molecule is CCCCc1ccc(NCC(=O)NC2CCCC2)cc1. The lowest BCUT2D eigenvalue weighted by Crippen LogP contribution is -2.36. The van der Waals surface area contributed by atoms with Gasteiger partial charge in [-0.25, -0.2) is 0 Å². The number of rotatable bonds is 7. The Hall–Kier alpha value is -1.51. The summed E-state index contributed by atoms with van der Waals surface area (Å²) in [6.45, 7) is 2.57. The van der Waals surface area contributed by atoms with Gasteiger partial charge in [0.15, 0.2) is 0 Å². The zero-order valence-corrected chi connectivity index (χ0v) is 12.5. The molecule has 1 saturated carbocycles. The molecular formula is C17H26N2O. The summed E-state index contributed by atoms with van der Waals surface area (Å²) in [5, 5.41) is 6.28. The number of hydrogen-bond donors (Lipinski definition) is 2. The number of aryl methyl sites for hydroxylation is 1. The van der Waals surface area contributed by atoms with E-state index in [2.05, 4.69) is 41.8 Å². The summed E-state index contributed by atoms with van der Waals surface area (Å²) in [6.07, 6.45) is 8.36. The molecule has 0 spiro atoms. The van der Waals surface area contributed by atoms with Crippen molar-refractivity contribution in [2.45, 2.75) is 57.9 Å². The number of carbonyl (C=O) groups excluding carboxylic acids is 1. The summed E-state index contributed by atoms with van der Waals surface area (Å²) in [5.41, 5.74) is 2.39. The van der Waals surface area contributed by atoms with Crippen molar-refractivity contribution < 1.29 is 4.79 Å². The van der Waals surface area contributed by atoms with Crippen LogP contribution in [0.25, 0.3) is 0 Å². The zero-order valence-electron chi connectivity index (χ0n) is 12.5. The molecule has 1 aliphatic carbocycles. The van der Waals surface area contributed by atoms with Crippen LogP contribution >= 0.6 is 0 Å². The average Bonchev–Trinajstić information content (AvgIpc) is 2.97. The van der Waals surface area contributed by atoms with Gasteiger partial charge in [-0.05, 0) is 43.4 Å². The smallest absolute Gasteiger partial charge is 0.239 e. The number of amides is 1. The molecule has 0 saturated heterocycles. The molecule has 0 aliphatic heterocycles. The van der Waals surface area contributed by atoms with Crippen LogP contribution in [0.5, 0.6) is 0 Å². The third-order valence-electron chi connectivity index (χ3n) is 3.95. The Morgan fingerprint density at radius 1 is 1.20 bits per heavy atom.